The molecule has 25 heavy (non-hydrogen) atoms. The van der Waals surface area contributed by atoms with Crippen molar-refractivity contribution in [1.82, 2.24) is 9.97 Å². The fraction of sp³-hybridized carbons (Fsp3) is 0.211. The van der Waals surface area contributed by atoms with Crippen LogP contribution in [0.4, 0.5) is 11.5 Å². The summed E-state index contributed by atoms with van der Waals surface area (Å²) < 4.78 is 1.11. The second kappa shape index (κ2) is 7.90. The number of aromatic nitrogens is 2. The lowest BCUT2D eigenvalue weighted by molar-refractivity contribution is -0.111. The van der Waals surface area contributed by atoms with Crippen LogP contribution in [0.5, 0.6) is 0 Å². The van der Waals surface area contributed by atoms with E-state index in [1.165, 1.54) is 6.08 Å². The van der Waals surface area contributed by atoms with Crippen LogP contribution in [0, 0.1) is 0 Å². The summed E-state index contributed by atoms with van der Waals surface area (Å²) >= 11 is 1.56. The highest BCUT2D eigenvalue weighted by Crippen LogP contribution is 2.22. The number of hydrogen-bond acceptors (Lipinski definition) is 5. The Kier molecular flexibility index (Phi) is 5.40. The number of anilines is 2. The van der Waals surface area contributed by atoms with Crippen molar-refractivity contribution in [1.29, 1.82) is 0 Å². The normalized spacial score (nSPS) is 11.1. The molecule has 0 saturated carbocycles. The Morgan fingerprint density at radius 2 is 2.00 bits per heavy atom. The van der Waals surface area contributed by atoms with E-state index in [1.54, 1.807) is 23.6 Å². The first-order chi connectivity index (χ1) is 12.2. The van der Waals surface area contributed by atoms with Crippen LogP contribution in [-0.2, 0) is 4.79 Å². The van der Waals surface area contributed by atoms with Gasteiger partial charge in [0.15, 0.2) is 0 Å². The van der Waals surface area contributed by atoms with E-state index in [0.29, 0.717) is 5.69 Å². The highest BCUT2D eigenvalue weighted by atomic mass is 32.1. The molecular formula is C19H20N4OS. The van der Waals surface area contributed by atoms with Gasteiger partial charge < -0.3 is 10.2 Å². The largest absolute Gasteiger partial charge is 0.357 e. The third kappa shape index (κ3) is 4.22. The van der Waals surface area contributed by atoms with Gasteiger partial charge in [-0.05, 0) is 44.2 Å². The molecule has 128 valence electrons. The molecule has 0 fully saturated rings. The van der Waals surface area contributed by atoms with E-state index in [9.17, 15) is 4.79 Å². The van der Waals surface area contributed by atoms with Gasteiger partial charge in [0.2, 0.25) is 5.91 Å². The molecule has 1 amide bonds. The summed E-state index contributed by atoms with van der Waals surface area (Å²) in [6.07, 6.45) is 4.91. The van der Waals surface area contributed by atoms with Gasteiger partial charge in [-0.25, -0.2) is 9.97 Å². The molecule has 0 aliphatic heterocycles. The number of thiazole rings is 1. The smallest absolute Gasteiger partial charge is 0.248 e. The summed E-state index contributed by atoms with van der Waals surface area (Å²) in [4.78, 5) is 23.1. The van der Waals surface area contributed by atoms with Crippen molar-refractivity contribution < 1.29 is 4.79 Å². The molecule has 1 aromatic carbocycles. The molecule has 3 aromatic rings. The number of rotatable bonds is 6. The Morgan fingerprint density at radius 3 is 2.68 bits per heavy atom. The predicted molar refractivity (Wildman–Crippen MR) is 105 cm³/mol. The number of carbonyl (C=O) groups is 1. The van der Waals surface area contributed by atoms with Crippen molar-refractivity contribution in [2.45, 2.75) is 13.8 Å². The van der Waals surface area contributed by atoms with Crippen LogP contribution >= 0.6 is 11.3 Å². The van der Waals surface area contributed by atoms with Crippen molar-refractivity contribution in [3.05, 3.63) is 53.7 Å². The van der Waals surface area contributed by atoms with Crippen LogP contribution in [0.1, 0.15) is 18.9 Å². The molecule has 2 aromatic heterocycles. The standard InChI is InChI=1S/C19H20N4OS/c1-3-23(4-2)17-10-9-14(13-20-17)21-18(24)11-12-19-22-15-7-5-6-8-16(15)25-19/h5-13H,3-4H2,1-2H3,(H,21,24)/b12-11+. The zero-order chi connectivity index (χ0) is 17.6. The van der Waals surface area contributed by atoms with Gasteiger partial charge in [0.05, 0.1) is 22.1 Å². The van der Waals surface area contributed by atoms with Crippen molar-refractivity contribution in [3.8, 4) is 0 Å². The lowest BCUT2D eigenvalue weighted by Gasteiger charge is -2.19. The number of fused-ring (bicyclic) bond motifs is 1. The average Bonchev–Trinajstić information content (AvgIpc) is 3.05. The lowest BCUT2D eigenvalue weighted by Crippen LogP contribution is -2.22. The minimum absolute atomic E-state index is 0.198. The molecule has 2 heterocycles. The lowest BCUT2D eigenvalue weighted by atomic mass is 10.3. The third-order valence-corrected chi connectivity index (χ3v) is 4.79. The molecule has 3 rings (SSSR count). The Balaban J connectivity index is 1.63. The molecule has 0 unspecified atom stereocenters. The molecule has 0 atom stereocenters. The summed E-state index contributed by atoms with van der Waals surface area (Å²) in [6.45, 7) is 5.99. The summed E-state index contributed by atoms with van der Waals surface area (Å²) in [6, 6.07) is 11.7. The fourth-order valence-corrected chi connectivity index (χ4v) is 3.36. The van der Waals surface area contributed by atoms with Crippen molar-refractivity contribution in [2.24, 2.45) is 0 Å². The van der Waals surface area contributed by atoms with Gasteiger partial charge in [-0.15, -0.1) is 11.3 Å². The molecular weight excluding hydrogens is 332 g/mol. The molecule has 1 N–H and O–H groups in total. The second-order valence-electron chi connectivity index (χ2n) is 5.42. The van der Waals surface area contributed by atoms with E-state index < -0.39 is 0 Å². The van der Waals surface area contributed by atoms with Crippen LogP contribution < -0.4 is 10.2 Å². The van der Waals surface area contributed by atoms with Crippen molar-refractivity contribution in [2.75, 3.05) is 23.3 Å². The molecule has 6 heteroatoms. The zero-order valence-corrected chi connectivity index (χ0v) is 15.1. The first-order valence-electron chi connectivity index (χ1n) is 8.25. The molecule has 0 aliphatic rings. The summed E-state index contributed by atoms with van der Waals surface area (Å²) in [7, 11) is 0. The molecule has 5 nitrogen and oxygen atoms in total. The molecule has 0 spiro atoms. The van der Waals surface area contributed by atoms with Gasteiger partial charge in [0.25, 0.3) is 0 Å². The summed E-state index contributed by atoms with van der Waals surface area (Å²) in [5, 5.41) is 3.63. The Labute approximate surface area is 151 Å². The van der Waals surface area contributed by atoms with Crippen LogP contribution in [0.15, 0.2) is 48.7 Å². The van der Waals surface area contributed by atoms with Crippen LogP contribution in [0.2, 0.25) is 0 Å². The average molecular weight is 352 g/mol. The Morgan fingerprint density at radius 1 is 1.20 bits per heavy atom. The number of amides is 1. The maximum atomic E-state index is 12.1. The van der Waals surface area contributed by atoms with Gasteiger partial charge >= 0.3 is 0 Å². The minimum atomic E-state index is -0.198. The van der Waals surface area contributed by atoms with Crippen LogP contribution in [0.25, 0.3) is 16.3 Å². The van der Waals surface area contributed by atoms with E-state index in [0.717, 1.165) is 34.1 Å². The van der Waals surface area contributed by atoms with Gasteiger partial charge in [0, 0.05) is 19.2 Å². The highest BCUT2D eigenvalue weighted by Gasteiger charge is 2.05. The number of benzene rings is 1. The number of pyridine rings is 1. The van der Waals surface area contributed by atoms with Crippen molar-refractivity contribution >= 4 is 45.0 Å². The van der Waals surface area contributed by atoms with E-state index >= 15 is 0 Å². The van der Waals surface area contributed by atoms with Gasteiger partial charge in [0.1, 0.15) is 10.8 Å². The number of para-hydroxylation sites is 1. The first-order valence-corrected chi connectivity index (χ1v) is 9.07. The van der Waals surface area contributed by atoms with E-state index in [1.807, 2.05) is 36.4 Å². The van der Waals surface area contributed by atoms with E-state index in [4.69, 9.17) is 0 Å². The number of nitrogens with zero attached hydrogens (tertiary/aromatic N) is 3. The molecule has 0 radical (unpaired) electrons. The number of hydrogen-bond donors (Lipinski definition) is 1. The number of carbonyl (C=O) groups excluding carboxylic acids is 1. The highest BCUT2D eigenvalue weighted by molar-refractivity contribution is 7.19. The summed E-state index contributed by atoms with van der Waals surface area (Å²) in [5.41, 5.74) is 1.62. The molecule has 0 bridgehead atoms. The monoisotopic (exact) mass is 352 g/mol. The molecule has 0 saturated heterocycles. The van der Waals surface area contributed by atoms with Gasteiger partial charge in [-0.2, -0.15) is 0 Å². The summed E-state index contributed by atoms with van der Waals surface area (Å²) in [5.74, 6) is 0.713. The van der Waals surface area contributed by atoms with E-state index in [2.05, 4.69) is 34.0 Å². The second-order valence-corrected chi connectivity index (χ2v) is 6.48. The maximum Gasteiger partial charge on any atom is 0.248 e. The van der Waals surface area contributed by atoms with Gasteiger partial charge in [-0.1, -0.05) is 12.1 Å². The maximum absolute atomic E-state index is 12.1. The Bertz CT molecular complexity index is 849. The topological polar surface area (TPSA) is 58.1 Å². The van der Waals surface area contributed by atoms with Crippen LogP contribution in [-0.4, -0.2) is 29.0 Å². The number of nitrogens with one attached hydrogen (secondary N) is 1. The fourth-order valence-electron chi connectivity index (χ4n) is 2.49. The Hall–Kier alpha value is -2.73. The van der Waals surface area contributed by atoms with E-state index in [-0.39, 0.29) is 5.91 Å². The third-order valence-electron chi connectivity index (χ3n) is 3.79. The quantitative estimate of drug-likeness (QED) is 0.676. The first kappa shape index (κ1) is 17.1. The minimum Gasteiger partial charge on any atom is -0.357 e. The SMILES string of the molecule is CCN(CC)c1ccc(NC(=O)/C=C/c2nc3ccccc3s2)cn1. The predicted octanol–water partition coefficient (Wildman–Crippen LogP) is 4.19. The molecule has 0 aliphatic carbocycles. The van der Waals surface area contributed by atoms with Gasteiger partial charge in [-0.3, -0.25) is 4.79 Å². The van der Waals surface area contributed by atoms with Crippen LogP contribution in [0.3, 0.4) is 0 Å². The van der Waals surface area contributed by atoms with Crippen molar-refractivity contribution in [3.63, 3.8) is 0 Å². The zero-order valence-electron chi connectivity index (χ0n) is 14.3.